The molecule has 0 aliphatic carbocycles. The molecule has 0 saturated heterocycles. The van der Waals surface area contributed by atoms with Crippen LogP contribution in [0.5, 0.6) is 0 Å². The summed E-state index contributed by atoms with van der Waals surface area (Å²) in [6.07, 6.45) is 0. The van der Waals surface area contributed by atoms with Gasteiger partial charge in [-0.25, -0.2) is 8.78 Å². The molecule has 2 rings (SSSR count). The van der Waals surface area contributed by atoms with Crippen molar-refractivity contribution < 1.29 is 18.4 Å². The number of carbonyl (C=O) groups excluding carboxylic acids is 2. The van der Waals surface area contributed by atoms with Crippen molar-refractivity contribution in [3.05, 3.63) is 57.9 Å². The molecule has 22 heavy (non-hydrogen) atoms. The van der Waals surface area contributed by atoms with E-state index in [9.17, 15) is 18.4 Å². The van der Waals surface area contributed by atoms with E-state index >= 15 is 0 Å². The van der Waals surface area contributed by atoms with Crippen LogP contribution in [-0.4, -0.2) is 16.7 Å². The lowest BCUT2D eigenvalue weighted by atomic mass is 10.1. The number of hydrogen-bond acceptors (Lipinski definition) is 2. The molecule has 0 bridgehead atoms. The van der Waals surface area contributed by atoms with Crippen LogP contribution in [0.1, 0.15) is 44.6 Å². The Balaban J connectivity index is 2.20. The van der Waals surface area contributed by atoms with Crippen molar-refractivity contribution in [1.82, 2.24) is 10.3 Å². The average molecular weight is 306 g/mol. The van der Waals surface area contributed by atoms with E-state index in [-0.39, 0.29) is 17.9 Å². The van der Waals surface area contributed by atoms with Gasteiger partial charge in [0.15, 0.2) is 5.78 Å². The van der Waals surface area contributed by atoms with Crippen LogP contribution in [0.2, 0.25) is 0 Å². The minimum Gasteiger partial charge on any atom is -0.355 e. The first-order chi connectivity index (χ1) is 10.3. The van der Waals surface area contributed by atoms with Gasteiger partial charge >= 0.3 is 0 Å². The van der Waals surface area contributed by atoms with Gasteiger partial charge in [-0.05, 0) is 37.6 Å². The van der Waals surface area contributed by atoms with E-state index in [1.165, 1.54) is 6.92 Å². The molecule has 1 aromatic carbocycles. The molecule has 1 heterocycles. The fourth-order valence-electron chi connectivity index (χ4n) is 2.39. The second-order valence-corrected chi connectivity index (χ2v) is 5.10. The minimum atomic E-state index is -0.589. The van der Waals surface area contributed by atoms with E-state index in [2.05, 4.69) is 10.3 Å². The topological polar surface area (TPSA) is 62.0 Å². The van der Waals surface area contributed by atoms with Crippen molar-refractivity contribution >= 4 is 11.7 Å². The third-order valence-electron chi connectivity index (χ3n) is 3.46. The van der Waals surface area contributed by atoms with Crippen LogP contribution in [0.3, 0.4) is 0 Å². The molecule has 0 fully saturated rings. The molecule has 0 aliphatic rings. The van der Waals surface area contributed by atoms with Crippen molar-refractivity contribution in [3.8, 4) is 0 Å². The van der Waals surface area contributed by atoms with Crippen molar-refractivity contribution in [3.63, 3.8) is 0 Å². The Hall–Kier alpha value is -2.50. The molecule has 0 aliphatic heterocycles. The largest absolute Gasteiger partial charge is 0.355 e. The summed E-state index contributed by atoms with van der Waals surface area (Å²) in [7, 11) is 0. The maximum atomic E-state index is 13.5. The fraction of sp³-hybridized carbons (Fsp3) is 0.250. The second kappa shape index (κ2) is 6.09. The number of carbonyl (C=O) groups is 2. The summed E-state index contributed by atoms with van der Waals surface area (Å²) in [4.78, 5) is 26.6. The molecule has 0 spiro atoms. The Morgan fingerprint density at radius 1 is 1.23 bits per heavy atom. The van der Waals surface area contributed by atoms with Crippen LogP contribution in [0.4, 0.5) is 8.78 Å². The number of H-pyrrole nitrogens is 1. The maximum absolute atomic E-state index is 13.5. The molecule has 4 nitrogen and oxygen atoms in total. The van der Waals surface area contributed by atoms with E-state index < -0.39 is 17.5 Å². The highest BCUT2D eigenvalue weighted by Crippen LogP contribution is 2.18. The van der Waals surface area contributed by atoms with Gasteiger partial charge in [-0.15, -0.1) is 0 Å². The summed E-state index contributed by atoms with van der Waals surface area (Å²) < 4.78 is 26.6. The number of ketones is 1. The van der Waals surface area contributed by atoms with Gasteiger partial charge in [-0.3, -0.25) is 9.59 Å². The number of nitrogens with one attached hydrogen (secondary N) is 2. The Kier molecular flexibility index (Phi) is 4.40. The molecule has 1 aromatic heterocycles. The van der Waals surface area contributed by atoms with Gasteiger partial charge in [-0.1, -0.05) is 0 Å². The van der Waals surface area contributed by atoms with Crippen LogP contribution in [-0.2, 0) is 6.54 Å². The molecule has 0 radical (unpaired) electrons. The number of aromatic nitrogens is 1. The number of hydrogen-bond donors (Lipinski definition) is 2. The predicted molar refractivity (Wildman–Crippen MR) is 77.8 cm³/mol. The Labute approximate surface area is 126 Å². The van der Waals surface area contributed by atoms with Gasteiger partial charge < -0.3 is 10.3 Å². The summed E-state index contributed by atoms with van der Waals surface area (Å²) in [5.74, 6) is -1.77. The summed E-state index contributed by atoms with van der Waals surface area (Å²) in [6, 6.07) is 3.06. The lowest BCUT2D eigenvalue weighted by Gasteiger charge is -2.07. The first-order valence-corrected chi connectivity index (χ1v) is 6.73. The monoisotopic (exact) mass is 306 g/mol. The minimum absolute atomic E-state index is 0.0611. The van der Waals surface area contributed by atoms with Gasteiger partial charge in [0.05, 0.1) is 11.3 Å². The lowest BCUT2D eigenvalue weighted by molar-refractivity contribution is 0.0949. The molecular formula is C16H16F2N2O2. The SMILES string of the molecule is CC(=O)c1[nH]c(C)c(C(=O)NCc2cc(F)ccc2F)c1C. The number of benzene rings is 1. The smallest absolute Gasteiger partial charge is 0.253 e. The highest BCUT2D eigenvalue weighted by molar-refractivity contribution is 6.02. The van der Waals surface area contributed by atoms with Gasteiger partial charge in [0.25, 0.3) is 5.91 Å². The van der Waals surface area contributed by atoms with Crippen LogP contribution < -0.4 is 5.32 Å². The van der Waals surface area contributed by atoms with Gasteiger partial charge in [0.2, 0.25) is 0 Å². The van der Waals surface area contributed by atoms with E-state index in [1.54, 1.807) is 13.8 Å². The fourth-order valence-corrected chi connectivity index (χ4v) is 2.39. The number of rotatable bonds is 4. The molecule has 2 N–H and O–H groups in total. The number of amides is 1. The Bertz CT molecular complexity index is 751. The van der Waals surface area contributed by atoms with Gasteiger partial charge in [-0.2, -0.15) is 0 Å². The summed E-state index contributed by atoms with van der Waals surface area (Å²) >= 11 is 0. The number of aromatic amines is 1. The molecule has 2 aromatic rings. The van der Waals surface area contributed by atoms with Crippen LogP contribution in [0, 0.1) is 25.5 Å². The van der Waals surface area contributed by atoms with Crippen LogP contribution in [0.25, 0.3) is 0 Å². The third kappa shape index (κ3) is 3.05. The zero-order valence-corrected chi connectivity index (χ0v) is 12.5. The van der Waals surface area contributed by atoms with E-state index in [1.807, 2.05) is 0 Å². The average Bonchev–Trinajstić information content (AvgIpc) is 2.75. The van der Waals surface area contributed by atoms with E-state index in [0.29, 0.717) is 22.5 Å². The quantitative estimate of drug-likeness (QED) is 0.853. The highest BCUT2D eigenvalue weighted by atomic mass is 19.1. The highest BCUT2D eigenvalue weighted by Gasteiger charge is 2.20. The van der Waals surface area contributed by atoms with Gasteiger partial charge in [0.1, 0.15) is 11.6 Å². The standard InChI is InChI=1S/C16H16F2N2O2/c1-8-14(9(2)20-15(8)10(3)21)16(22)19-7-11-6-12(17)4-5-13(11)18/h4-6,20H,7H2,1-3H3,(H,19,22). The molecule has 0 saturated carbocycles. The molecule has 116 valence electrons. The third-order valence-corrected chi connectivity index (χ3v) is 3.46. The maximum Gasteiger partial charge on any atom is 0.253 e. The molecular weight excluding hydrogens is 290 g/mol. The van der Waals surface area contributed by atoms with Gasteiger partial charge in [0, 0.05) is 24.7 Å². The number of Topliss-reactive ketones (excluding diaryl/α,β-unsaturated/α-hetero) is 1. The summed E-state index contributed by atoms with van der Waals surface area (Å²) in [5.41, 5.74) is 1.88. The number of halogens is 2. The second-order valence-electron chi connectivity index (χ2n) is 5.10. The van der Waals surface area contributed by atoms with Crippen molar-refractivity contribution in [2.45, 2.75) is 27.3 Å². The lowest BCUT2D eigenvalue weighted by Crippen LogP contribution is -2.24. The predicted octanol–water partition coefficient (Wildman–Crippen LogP) is 3.04. The van der Waals surface area contributed by atoms with Crippen molar-refractivity contribution in [2.75, 3.05) is 0 Å². The zero-order valence-electron chi connectivity index (χ0n) is 12.5. The van der Waals surface area contributed by atoms with E-state index in [4.69, 9.17) is 0 Å². The Morgan fingerprint density at radius 3 is 2.50 bits per heavy atom. The van der Waals surface area contributed by atoms with Crippen molar-refractivity contribution in [1.29, 1.82) is 0 Å². The molecule has 1 amide bonds. The van der Waals surface area contributed by atoms with E-state index in [0.717, 1.165) is 18.2 Å². The molecule has 0 atom stereocenters. The van der Waals surface area contributed by atoms with Crippen molar-refractivity contribution in [2.24, 2.45) is 0 Å². The first-order valence-electron chi connectivity index (χ1n) is 6.73. The molecule has 6 heteroatoms. The molecule has 0 unspecified atom stereocenters. The first kappa shape index (κ1) is 15.9. The number of aryl methyl sites for hydroxylation is 1. The Morgan fingerprint density at radius 2 is 1.91 bits per heavy atom. The summed E-state index contributed by atoms with van der Waals surface area (Å²) in [5, 5.41) is 2.54. The zero-order chi connectivity index (χ0) is 16.4. The van der Waals surface area contributed by atoms with Crippen LogP contribution >= 0.6 is 0 Å². The summed E-state index contributed by atoms with van der Waals surface area (Å²) in [6.45, 7) is 4.61. The van der Waals surface area contributed by atoms with Crippen LogP contribution in [0.15, 0.2) is 18.2 Å². The normalized spacial score (nSPS) is 10.6.